The molecule has 1 saturated heterocycles. The smallest absolute Gasteiger partial charge is 0.287 e. The van der Waals surface area contributed by atoms with Crippen molar-refractivity contribution in [2.75, 3.05) is 13.1 Å². The molecule has 0 amide bonds. The van der Waals surface area contributed by atoms with Crippen LogP contribution in [0.2, 0.25) is 0 Å². The zero-order valence-electron chi connectivity index (χ0n) is 11.2. The quantitative estimate of drug-likeness (QED) is 0.608. The molecule has 2 heterocycles. The van der Waals surface area contributed by atoms with Crippen molar-refractivity contribution in [2.45, 2.75) is 30.3 Å². The predicted octanol–water partition coefficient (Wildman–Crippen LogP) is 0.832. The zero-order valence-corrected chi connectivity index (χ0v) is 12.8. The third-order valence-electron chi connectivity index (χ3n) is 3.14. The summed E-state index contributed by atoms with van der Waals surface area (Å²) in [5, 5.41) is 13.5. The molecule has 0 aliphatic carbocycles. The molecule has 10 heteroatoms. The number of piperidine rings is 1. The second-order valence-corrected chi connectivity index (χ2v) is 6.32. The van der Waals surface area contributed by atoms with Gasteiger partial charge in [-0.3, -0.25) is 10.1 Å². The van der Waals surface area contributed by atoms with Crippen LogP contribution in [0.3, 0.4) is 0 Å². The monoisotopic (exact) mass is 336 g/mol. The Bertz CT molecular complexity index is 572. The van der Waals surface area contributed by atoms with Gasteiger partial charge in [0.1, 0.15) is 6.20 Å². The van der Waals surface area contributed by atoms with E-state index in [2.05, 4.69) is 15.0 Å². The van der Waals surface area contributed by atoms with Gasteiger partial charge in [0.25, 0.3) is 15.7 Å². The zero-order chi connectivity index (χ0) is 14.6. The first kappa shape index (κ1) is 17.8. The van der Waals surface area contributed by atoms with Crippen LogP contribution in [0.15, 0.2) is 23.4 Å². The first-order valence-corrected chi connectivity index (χ1v) is 7.81. The highest BCUT2D eigenvalue weighted by atomic mass is 35.5. The lowest BCUT2D eigenvalue weighted by atomic mass is 10.1. The highest BCUT2D eigenvalue weighted by molar-refractivity contribution is 7.89. The normalized spacial score (nSPS) is 18.8. The molecule has 8 nitrogen and oxygen atoms in total. The van der Waals surface area contributed by atoms with Crippen LogP contribution in [-0.2, 0) is 10.0 Å². The van der Waals surface area contributed by atoms with Crippen molar-refractivity contribution in [3.05, 3.63) is 28.4 Å². The molecule has 2 N–H and O–H groups in total. The molecule has 1 aromatic rings. The lowest BCUT2D eigenvalue weighted by Gasteiger charge is -2.23. The van der Waals surface area contributed by atoms with Gasteiger partial charge in [0.2, 0.25) is 0 Å². The van der Waals surface area contributed by atoms with Crippen molar-refractivity contribution < 1.29 is 13.3 Å². The average molecular weight is 337 g/mol. The summed E-state index contributed by atoms with van der Waals surface area (Å²) in [6, 6.07) is 2.38. The predicted molar refractivity (Wildman–Crippen MR) is 79.0 cm³/mol. The van der Waals surface area contributed by atoms with E-state index in [-0.39, 0.29) is 29.2 Å². The molecule has 1 aliphatic heterocycles. The minimum Gasteiger partial charge on any atom is -0.313 e. The number of rotatable bonds is 5. The minimum atomic E-state index is -3.73. The number of nitrogens with one attached hydrogen (secondary N) is 2. The van der Waals surface area contributed by atoms with E-state index in [1.54, 1.807) is 0 Å². The van der Waals surface area contributed by atoms with Gasteiger partial charge in [0.15, 0.2) is 5.03 Å². The van der Waals surface area contributed by atoms with Crippen molar-refractivity contribution in [2.24, 2.45) is 0 Å². The molecule has 0 spiro atoms. The Morgan fingerprint density at radius 3 is 2.71 bits per heavy atom. The van der Waals surface area contributed by atoms with Crippen molar-refractivity contribution >= 4 is 28.1 Å². The number of sulfonamides is 1. The molecule has 1 fully saturated rings. The molecule has 0 saturated carbocycles. The molecular weight excluding hydrogens is 320 g/mol. The second kappa shape index (κ2) is 7.64. The van der Waals surface area contributed by atoms with E-state index in [9.17, 15) is 18.5 Å². The number of hydrogen-bond acceptors (Lipinski definition) is 6. The number of aromatic nitrogens is 1. The number of pyridine rings is 1. The number of nitrogens with zero attached hydrogens (tertiary/aromatic N) is 2. The Kier molecular flexibility index (Phi) is 6.46. The Morgan fingerprint density at radius 2 is 2.19 bits per heavy atom. The van der Waals surface area contributed by atoms with Gasteiger partial charge in [-0.1, -0.05) is 6.42 Å². The summed E-state index contributed by atoms with van der Waals surface area (Å²) in [6.07, 6.45) is 4.05. The third kappa shape index (κ3) is 4.88. The van der Waals surface area contributed by atoms with Crippen LogP contribution in [0, 0.1) is 10.1 Å². The summed E-state index contributed by atoms with van der Waals surface area (Å²) in [5.41, 5.74) is -0.238. The maximum Gasteiger partial charge on any atom is 0.287 e. The highest BCUT2D eigenvalue weighted by Crippen LogP contribution is 2.13. The Labute approximate surface area is 129 Å². The van der Waals surface area contributed by atoms with Crippen LogP contribution < -0.4 is 10.0 Å². The fourth-order valence-corrected chi connectivity index (χ4v) is 3.03. The van der Waals surface area contributed by atoms with Crippen molar-refractivity contribution in [3.63, 3.8) is 0 Å². The van der Waals surface area contributed by atoms with E-state index in [1.165, 1.54) is 0 Å². The van der Waals surface area contributed by atoms with Gasteiger partial charge < -0.3 is 5.32 Å². The van der Waals surface area contributed by atoms with Gasteiger partial charge in [-0.05, 0) is 25.5 Å². The van der Waals surface area contributed by atoms with E-state index in [0.29, 0.717) is 6.54 Å². The van der Waals surface area contributed by atoms with Gasteiger partial charge in [-0.15, -0.1) is 12.4 Å². The number of nitro groups is 1. The first-order valence-electron chi connectivity index (χ1n) is 6.32. The summed E-state index contributed by atoms with van der Waals surface area (Å²) in [5.74, 6) is 0. The molecule has 1 unspecified atom stereocenters. The fraction of sp³-hybridized carbons (Fsp3) is 0.545. The first-order chi connectivity index (χ1) is 9.49. The van der Waals surface area contributed by atoms with Crippen LogP contribution in [0.4, 0.5) is 5.69 Å². The van der Waals surface area contributed by atoms with Crippen LogP contribution in [0.25, 0.3) is 0 Å². The molecule has 1 aliphatic rings. The molecule has 21 heavy (non-hydrogen) atoms. The summed E-state index contributed by atoms with van der Waals surface area (Å²) in [6.45, 7) is 1.18. The minimum absolute atomic E-state index is 0. The number of hydrogen-bond donors (Lipinski definition) is 2. The Balaban J connectivity index is 0.00000220. The van der Waals surface area contributed by atoms with Crippen LogP contribution in [0.1, 0.15) is 19.3 Å². The molecule has 0 aromatic carbocycles. The SMILES string of the molecule is Cl.O=[N+]([O-])c1ccc(S(=O)(=O)NCC2CCCCN2)nc1. The molecular formula is C11H17ClN4O4S. The number of halogens is 1. The second-order valence-electron chi connectivity index (χ2n) is 4.61. The van der Waals surface area contributed by atoms with Crippen LogP contribution >= 0.6 is 12.4 Å². The van der Waals surface area contributed by atoms with E-state index < -0.39 is 14.9 Å². The van der Waals surface area contributed by atoms with E-state index in [1.807, 2.05) is 0 Å². The van der Waals surface area contributed by atoms with E-state index >= 15 is 0 Å². The van der Waals surface area contributed by atoms with Gasteiger partial charge in [-0.25, -0.2) is 18.1 Å². The average Bonchev–Trinajstić information content (AvgIpc) is 2.46. The Hall–Kier alpha value is -1.29. The molecule has 0 bridgehead atoms. The van der Waals surface area contributed by atoms with Crippen LogP contribution in [-0.4, -0.2) is 37.5 Å². The Morgan fingerprint density at radius 1 is 1.43 bits per heavy atom. The highest BCUT2D eigenvalue weighted by Gasteiger charge is 2.20. The van der Waals surface area contributed by atoms with E-state index in [0.717, 1.165) is 44.1 Å². The summed E-state index contributed by atoms with van der Waals surface area (Å²) in [7, 11) is -3.73. The standard InChI is InChI=1S/C11H16N4O4S.ClH/c16-15(17)10-4-5-11(13-8-10)20(18,19)14-7-9-3-1-2-6-12-9;/h4-5,8-9,12,14H,1-3,6-7H2;1H. The summed E-state index contributed by atoms with van der Waals surface area (Å²) < 4.78 is 26.4. The molecule has 118 valence electrons. The lowest BCUT2D eigenvalue weighted by molar-refractivity contribution is -0.385. The van der Waals surface area contributed by atoms with Gasteiger partial charge in [0, 0.05) is 18.7 Å². The molecule has 0 radical (unpaired) electrons. The van der Waals surface area contributed by atoms with Crippen molar-refractivity contribution in [1.29, 1.82) is 0 Å². The molecule has 1 aromatic heterocycles. The van der Waals surface area contributed by atoms with Crippen molar-refractivity contribution in [3.8, 4) is 0 Å². The van der Waals surface area contributed by atoms with E-state index in [4.69, 9.17) is 0 Å². The summed E-state index contributed by atoms with van der Waals surface area (Å²) in [4.78, 5) is 13.5. The summed E-state index contributed by atoms with van der Waals surface area (Å²) >= 11 is 0. The molecule has 1 atom stereocenters. The lowest BCUT2D eigenvalue weighted by Crippen LogP contribution is -2.43. The maximum absolute atomic E-state index is 12.0. The third-order valence-corrected chi connectivity index (χ3v) is 4.48. The largest absolute Gasteiger partial charge is 0.313 e. The van der Waals surface area contributed by atoms with Gasteiger partial charge >= 0.3 is 0 Å². The topological polar surface area (TPSA) is 114 Å². The maximum atomic E-state index is 12.0. The van der Waals surface area contributed by atoms with Gasteiger partial charge in [-0.2, -0.15) is 0 Å². The van der Waals surface area contributed by atoms with Gasteiger partial charge in [0.05, 0.1) is 4.92 Å². The fourth-order valence-electron chi connectivity index (χ4n) is 2.02. The molecule has 2 rings (SSSR count). The van der Waals surface area contributed by atoms with Crippen molar-refractivity contribution in [1.82, 2.24) is 15.0 Å². The van der Waals surface area contributed by atoms with Crippen LogP contribution in [0.5, 0.6) is 0 Å².